The zero-order valence-electron chi connectivity index (χ0n) is 9.49. The van der Waals surface area contributed by atoms with Crippen molar-refractivity contribution in [3.8, 4) is 0 Å². The van der Waals surface area contributed by atoms with Gasteiger partial charge < -0.3 is 10.2 Å². The molecule has 88 valence electrons. The van der Waals surface area contributed by atoms with E-state index >= 15 is 0 Å². The van der Waals surface area contributed by atoms with E-state index in [-0.39, 0.29) is 0 Å². The highest BCUT2D eigenvalue weighted by Gasteiger charge is 2.46. The van der Waals surface area contributed by atoms with Crippen LogP contribution >= 0.6 is 11.6 Å². The average molecular weight is 243 g/mol. The number of carboxylic acid groups (broad SMARTS) is 1. The fraction of sp³-hybridized carbons (Fsp3) is 0.417. The molecular formula is C12H15ClO3. The molecule has 4 heteroatoms. The van der Waals surface area contributed by atoms with Crippen LogP contribution in [0.4, 0.5) is 0 Å². The Morgan fingerprint density at radius 3 is 2.31 bits per heavy atom. The molecule has 1 rings (SSSR count). The van der Waals surface area contributed by atoms with E-state index in [9.17, 15) is 9.90 Å². The van der Waals surface area contributed by atoms with Gasteiger partial charge in [-0.15, -0.1) is 0 Å². The van der Waals surface area contributed by atoms with Gasteiger partial charge in [-0.25, -0.2) is 0 Å². The molecule has 0 saturated carbocycles. The molecule has 3 nitrogen and oxygen atoms in total. The first-order chi connectivity index (χ1) is 7.19. The molecule has 0 amide bonds. The van der Waals surface area contributed by atoms with E-state index in [0.717, 1.165) is 0 Å². The first-order valence-electron chi connectivity index (χ1n) is 4.91. The third-order valence-corrected chi connectivity index (χ3v) is 3.37. The van der Waals surface area contributed by atoms with Crippen molar-refractivity contribution in [1.29, 1.82) is 0 Å². The van der Waals surface area contributed by atoms with Gasteiger partial charge in [-0.2, -0.15) is 0 Å². The summed E-state index contributed by atoms with van der Waals surface area (Å²) in [5.41, 5.74) is -2.28. The lowest BCUT2D eigenvalue weighted by atomic mass is 9.72. The quantitative estimate of drug-likeness (QED) is 0.857. The predicted molar refractivity (Wildman–Crippen MR) is 62.4 cm³/mol. The first-order valence-corrected chi connectivity index (χ1v) is 5.29. The van der Waals surface area contributed by atoms with Crippen LogP contribution in [0.25, 0.3) is 0 Å². The standard InChI is InChI=1S/C12H15ClO3/c1-11(2,10(14)15)12(3,16)8-5-4-6-9(13)7-8/h4-7,16H,1-3H3,(H,14,15). The highest BCUT2D eigenvalue weighted by molar-refractivity contribution is 6.30. The molecule has 0 heterocycles. The van der Waals surface area contributed by atoms with Gasteiger partial charge in [0.15, 0.2) is 0 Å². The molecule has 1 atom stereocenters. The van der Waals surface area contributed by atoms with Crippen LogP contribution in [0.1, 0.15) is 26.3 Å². The topological polar surface area (TPSA) is 57.5 Å². The molecule has 1 aromatic carbocycles. The van der Waals surface area contributed by atoms with Gasteiger partial charge in [0.1, 0.15) is 5.60 Å². The molecule has 0 aliphatic rings. The lowest BCUT2D eigenvalue weighted by Gasteiger charge is -2.37. The maximum atomic E-state index is 11.1. The smallest absolute Gasteiger partial charge is 0.312 e. The number of halogens is 1. The number of hydrogen-bond donors (Lipinski definition) is 2. The van der Waals surface area contributed by atoms with Gasteiger partial charge in [-0.1, -0.05) is 23.7 Å². The average Bonchev–Trinajstić information content (AvgIpc) is 2.17. The van der Waals surface area contributed by atoms with Crippen LogP contribution in [-0.2, 0) is 10.4 Å². The molecule has 0 aliphatic carbocycles. The molecule has 0 aromatic heterocycles. The van der Waals surface area contributed by atoms with Gasteiger partial charge in [0, 0.05) is 5.02 Å². The summed E-state index contributed by atoms with van der Waals surface area (Å²) < 4.78 is 0. The highest BCUT2D eigenvalue weighted by atomic mass is 35.5. The lowest BCUT2D eigenvalue weighted by molar-refractivity contribution is -0.164. The van der Waals surface area contributed by atoms with E-state index in [4.69, 9.17) is 16.7 Å². The first kappa shape index (κ1) is 13.0. The fourth-order valence-corrected chi connectivity index (χ4v) is 1.55. The maximum absolute atomic E-state index is 11.1. The third kappa shape index (κ3) is 2.06. The second-order valence-corrected chi connectivity index (χ2v) is 4.95. The van der Waals surface area contributed by atoms with Crippen molar-refractivity contribution in [2.45, 2.75) is 26.4 Å². The number of hydrogen-bond acceptors (Lipinski definition) is 2. The molecule has 2 N–H and O–H groups in total. The van der Waals surface area contributed by atoms with Crippen LogP contribution in [0.2, 0.25) is 5.02 Å². The number of carbonyl (C=O) groups is 1. The number of rotatable bonds is 3. The molecule has 0 spiro atoms. The van der Waals surface area contributed by atoms with Crippen molar-refractivity contribution in [3.05, 3.63) is 34.9 Å². The molecule has 16 heavy (non-hydrogen) atoms. The van der Waals surface area contributed by atoms with Crippen molar-refractivity contribution >= 4 is 17.6 Å². The Labute approximate surface area is 99.7 Å². The summed E-state index contributed by atoms with van der Waals surface area (Å²) in [7, 11) is 0. The van der Waals surface area contributed by atoms with Gasteiger partial charge >= 0.3 is 5.97 Å². The molecule has 0 fully saturated rings. The van der Waals surface area contributed by atoms with Crippen LogP contribution in [-0.4, -0.2) is 16.2 Å². The van der Waals surface area contributed by atoms with Crippen molar-refractivity contribution in [3.63, 3.8) is 0 Å². The minimum atomic E-state index is -1.48. The van der Waals surface area contributed by atoms with E-state index in [2.05, 4.69) is 0 Å². The second-order valence-electron chi connectivity index (χ2n) is 4.51. The van der Waals surface area contributed by atoms with Gasteiger partial charge in [0.2, 0.25) is 0 Å². The fourth-order valence-electron chi connectivity index (χ4n) is 1.36. The van der Waals surface area contributed by atoms with Crippen molar-refractivity contribution in [2.75, 3.05) is 0 Å². The lowest BCUT2D eigenvalue weighted by Crippen LogP contribution is -2.44. The van der Waals surface area contributed by atoms with Crippen molar-refractivity contribution in [2.24, 2.45) is 5.41 Å². The largest absolute Gasteiger partial charge is 0.481 e. The zero-order valence-corrected chi connectivity index (χ0v) is 10.2. The Morgan fingerprint density at radius 1 is 1.31 bits per heavy atom. The van der Waals surface area contributed by atoms with E-state index in [1.54, 1.807) is 24.3 Å². The monoisotopic (exact) mass is 242 g/mol. The van der Waals surface area contributed by atoms with Gasteiger partial charge in [-0.3, -0.25) is 4.79 Å². The Kier molecular flexibility index (Phi) is 3.31. The van der Waals surface area contributed by atoms with Crippen molar-refractivity contribution < 1.29 is 15.0 Å². The Bertz CT molecular complexity index is 410. The molecule has 0 saturated heterocycles. The summed E-state index contributed by atoms with van der Waals surface area (Å²) in [6.07, 6.45) is 0. The molecule has 1 unspecified atom stereocenters. The SMILES string of the molecule is CC(C)(C(=O)O)C(C)(O)c1cccc(Cl)c1. The predicted octanol–water partition coefficient (Wildman–Crippen LogP) is 2.66. The number of aliphatic carboxylic acids is 1. The number of aliphatic hydroxyl groups is 1. The van der Waals surface area contributed by atoms with Crippen molar-refractivity contribution in [1.82, 2.24) is 0 Å². The van der Waals surface area contributed by atoms with Gasteiger partial charge in [-0.05, 0) is 38.5 Å². The summed E-state index contributed by atoms with van der Waals surface area (Å²) in [5.74, 6) is -1.06. The second kappa shape index (κ2) is 4.07. The third-order valence-electron chi connectivity index (χ3n) is 3.14. The highest BCUT2D eigenvalue weighted by Crippen LogP contribution is 2.40. The maximum Gasteiger partial charge on any atom is 0.312 e. The normalized spacial score (nSPS) is 15.6. The van der Waals surface area contributed by atoms with Gasteiger partial charge in [0.05, 0.1) is 5.41 Å². The minimum Gasteiger partial charge on any atom is -0.481 e. The summed E-state index contributed by atoms with van der Waals surface area (Å²) >= 11 is 5.82. The van der Waals surface area contributed by atoms with E-state index < -0.39 is 17.0 Å². The zero-order chi connectivity index (χ0) is 12.6. The Balaban J connectivity index is 3.26. The van der Waals surface area contributed by atoms with Crippen LogP contribution < -0.4 is 0 Å². The van der Waals surface area contributed by atoms with Crippen LogP contribution in [0, 0.1) is 5.41 Å². The van der Waals surface area contributed by atoms with Crippen LogP contribution in [0.3, 0.4) is 0 Å². The molecule has 0 aliphatic heterocycles. The molecule has 0 bridgehead atoms. The van der Waals surface area contributed by atoms with Gasteiger partial charge in [0.25, 0.3) is 0 Å². The summed E-state index contributed by atoms with van der Waals surface area (Å²) in [6.45, 7) is 4.44. The molecular weight excluding hydrogens is 228 g/mol. The van der Waals surface area contributed by atoms with E-state index in [1.807, 2.05) is 0 Å². The van der Waals surface area contributed by atoms with Crippen LogP contribution in [0.5, 0.6) is 0 Å². The summed E-state index contributed by atoms with van der Waals surface area (Å²) in [5, 5.41) is 20.0. The number of benzene rings is 1. The summed E-state index contributed by atoms with van der Waals surface area (Å²) in [4.78, 5) is 11.1. The number of carboxylic acids is 1. The van der Waals surface area contributed by atoms with E-state index in [0.29, 0.717) is 10.6 Å². The molecule has 1 aromatic rings. The van der Waals surface area contributed by atoms with E-state index in [1.165, 1.54) is 20.8 Å². The Morgan fingerprint density at radius 2 is 1.88 bits per heavy atom. The Hall–Kier alpha value is -1.06. The molecule has 0 radical (unpaired) electrons. The van der Waals surface area contributed by atoms with Crippen LogP contribution in [0.15, 0.2) is 24.3 Å². The summed E-state index contributed by atoms with van der Waals surface area (Å²) in [6, 6.07) is 6.60. The minimum absolute atomic E-state index is 0.471.